The topological polar surface area (TPSA) is 55.1 Å². The molecule has 17 heavy (non-hydrogen) atoms. The minimum Gasteiger partial charge on any atom is -0.355 e. The monoisotopic (exact) mass is 254 g/mol. The van der Waals surface area contributed by atoms with E-state index >= 15 is 0 Å². The van der Waals surface area contributed by atoms with E-state index in [-0.39, 0.29) is 11.8 Å². The van der Waals surface area contributed by atoms with E-state index in [1.807, 2.05) is 0 Å². The van der Waals surface area contributed by atoms with Crippen molar-refractivity contribution in [1.82, 2.24) is 5.32 Å². The van der Waals surface area contributed by atoms with Crippen LogP contribution in [0.1, 0.15) is 25.8 Å². The molecule has 1 aromatic heterocycles. The summed E-state index contributed by atoms with van der Waals surface area (Å²) in [5, 5.41) is 7.13. The number of carbonyl (C=O) groups excluding carboxylic acids is 1. The van der Waals surface area contributed by atoms with E-state index in [1.54, 1.807) is 11.3 Å². The van der Waals surface area contributed by atoms with Crippen molar-refractivity contribution in [3.63, 3.8) is 0 Å². The third kappa shape index (κ3) is 5.33. The van der Waals surface area contributed by atoms with E-state index in [0.717, 1.165) is 12.8 Å². The second-order valence-corrected chi connectivity index (χ2v) is 5.51. The van der Waals surface area contributed by atoms with Crippen LogP contribution in [0.4, 0.5) is 0 Å². The average molecular weight is 254 g/mol. The molecule has 3 nitrogen and oxygen atoms in total. The number of thiophene rings is 1. The Morgan fingerprint density at radius 1 is 1.53 bits per heavy atom. The Balaban J connectivity index is 2.27. The van der Waals surface area contributed by atoms with E-state index in [1.165, 1.54) is 5.56 Å². The van der Waals surface area contributed by atoms with Crippen molar-refractivity contribution in [3.05, 3.63) is 22.4 Å². The summed E-state index contributed by atoms with van der Waals surface area (Å²) >= 11 is 1.68. The third-order valence-electron chi connectivity index (χ3n) is 2.70. The van der Waals surface area contributed by atoms with Crippen molar-refractivity contribution in [2.75, 3.05) is 13.1 Å². The number of rotatable bonds is 7. The Morgan fingerprint density at radius 2 is 2.29 bits per heavy atom. The molecule has 0 aliphatic rings. The van der Waals surface area contributed by atoms with E-state index in [4.69, 9.17) is 5.73 Å². The van der Waals surface area contributed by atoms with Crippen LogP contribution in [-0.4, -0.2) is 19.0 Å². The quantitative estimate of drug-likeness (QED) is 0.782. The Labute approximate surface area is 107 Å². The molecule has 1 rings (SSSR count). The van der Waals surface area contributed by atoms with E-state index in [2.05, 4.69) is 36.0 Å². The molecule has 0 bridgehead atoms. The summed E-state index contributed by atoms with van der Waals surface area (Å²) in [5.74, 6) is 0.556. The summed E-state index contributed by atoms with van der Waals surface area (Å²) in [5.41, 5.74) is 6.91. The molecule has 0 aliphatic heterocycles. The molecule has 1 amide bonds. The van der Waals surface area contributed by atoms with Gasteiger partial charge in [-0.2, -0.15) is 11.3 Å². The van der Waals surface area contributed by atoms with Gasteiger partial charge in [0.25, 0.3) is 0 Å². The summed E-state index contributed by atoms with van der Waals surface area (Å²) in [6.07, 6.45) is 1.76. The van der Waals surface area contributed by atoms with Gasteiger partial charge in [0.15, 0.2) is 0 Å². The normalized spacial score (nSPS) is 12.7. The molecule has 0 fully saturated rings. The van der Waals surface area contributed by atoms with Gasteiger partial charge in [-0.05, 0) is 41.1 Å². The second kappa shape index (κ2) is 7.45. The SMILES string of the molecule is CC(C)CC(CN)C(=O)NCCc1ccsc1. The molecular formula is C13H22N2OS. The van der Waals surface area contributed by atoms with Crippen molar-refractivity contribution in [1.29, 1.82) is 0 Å². The van der Waals surface area contributed by atoms with Gasteiger partial charge < -0.3 is 11.1 Å². The highest BCUT2D eigenvalue weighted by Gasteiger charge is 2.17. The van der Waals surface area contributed by atoms with Crippen LogP contribution in [0.5, 0.6) is 0 Å². The molecule has 96 valence electrons. The highest BCUT2D eigenvalue weighted by Crippen LogP contribution is 2.11. The zero-order valence-corrected chi connectivity index (χ0v) is 11.4. The van der Waals surface area contributed by atoms with Gasteiger partial charge in [0.1, 0.15) is 0 Å². The van der Waals surface area contributed by atoms with E-state index in [9.17, 15) is 4.79 Å². The molecule has 1 unspecified atom stereocenters. The molecule has 1 heterocycles. The minimum atomic E-state index is -0.0440. The molecule has 4 heteroatoms. The summed E-state index contributed by atoms with van der Waals surface area (Å²) in [4.78, 5) is 11.8. The van der Waals surface area contributed by atoms with Crippen LogP contribution in [0.3, 0.4) is 0 Å². The Morgan fingerprint density at radius 3 is 2.82 bits per heavy atom. The lowest BCUT2D eigenvalue weighted by molar-refractivity contribution is -0.125. The van der Waals surface area contributed by atoms with Gasteiger partial charge in [0.2, 0.25) is 5.91 Å². The molecular weight excluding hydrogens is 232 g/mol. The fraction of sp³-hybridized carbons (Fsp3) is 0.615. The molecule has 0 saturated carbocycles. The summed E-state index contributed by atoms with van der Waals surface area (Å²) in [7, 11) is 0. The standard InChI is InChI=1S/C13H22N2OS/c1-10(2)7-12(8-14)13(16)15-5-3-11-4-6-17-9-11/h4,6,9-10,12H,3,5,7-8,14H2,1-2H3,(H,15,16). The molecule has 0 radical (unpaired) electrons. The minimum absolute atomic E-state index is 0.0440. The number of hydrogen-bond acceptors (Lipinski definition) is 3. The lowest BCUT2D eigenvalue weighted by Crippen LogP contribution is -2.36. The average Bonchev–Trinajstić information content (AvgIpc) is 2.78. The molecule has 0 aliphatic carbocycles. The lowest BCUT2D eigenvalue weighted by atomic mass is 9.96. The molecule has 3 N–H and O–H groups in total. The molecule has 1 atom stereocenters. The van der Waals surface area contributed by atoms with E-state index < -0.39 is 0 Å². The fourth-order valence-corrected chi connectivity index (χ4v) is 2.49. The van der Waals surface area contributed by atoms with Gasteiger partial charge >= 0.3 is 0 Å². The maximum Gasteiger partial charge on any atom is 0.224 e. The number of nitrogens with one attached hydrogen (secondary N) is 1. The van der Waals surface area contributed by atoms with Crippen molar-refractivity contribution < 1.29 is 4.79 Å². The zero-order chi connectivity index (χ0) is 12.7. The van der Waals surface area contributed by atoms with Gasteiger partial charge in [-0.25, -0.2) is 0 Å². The van der Waals surface area contributed by atoms with Crippen LogP contribution in [0, 0.1) is 11.8 Å². The smallest absolute Gasteiger partial charge is 0.224 e. The zero-order valence-electron chi connectivity index (χ0n) is 10.6. The van der Waals surface area contributed by atoms with Crippen molar-refractivity contribution in [2.24, 2.45) is 17.6 Å². The lowest BCUT2D eigenvalue weighted by Gasteiger charge is -2.16. The first-order valence-corrected chi connectivity index (χ1v) is 7.06. The van der Waals surface area contributed by atoms with Crippen molar-refractivity contribution in [2.45, 2.75) is 26.7 Å². The number of nitrogens with two attached hydrogens (primary N) is 1. The predicted octanol–water partition coefficient (Wildman–Crippen LogP) is 2.03. The first-order chi connectivity index (χ1) is 8.13. The maximum atomic E-state index is 11.8. The summed E-state index contributed by atoms with van der Waals surface area (Å²) < 4.78 is 0. The Kier molecular flexibility index (Phi) is 6.22. The summed E-state index contributed by atoms with van der Waals surface area (Å²) in [6.45, 7) is 5.36. The van der Waals surface area contributed by atoms with Crippen LogP contribution in [0.25, 0.3) is 0 Å². The Bertz CT molecular complexity index is 322. The van der Waals surface area contributed by atoms with Crippen LogP contribution < -0.4 is 11.1 Å². The second-order valence-electron chi connectivity index (χ2n) is 4.73. The first kappa shape index (κ1) is 14.2. The van der Waals surface area contributed by atoms with Crippen LogP contribution in [-0.2, 0) is 11.2 Å². The van der Waals surface area contributed by atoms with Gasteiger partial charge in [0.05, 0.1) is 5.92 Å². The molecule has 0 saturated heterocycles. The molecule has 0 aromatic carbocycles. The third-order valence-corrected chi connectivity index (χ3v) is 3.44. The molecule has 0 spiro atoms. The van der Waals surface area contributed by atoms with Gasteiger partial charge in [0, 0.05) is 13.1 Å². The van der Waals surface area contributed by atoms with E-state index in [0.29, 0.717) is 19.0 Å². The number of amides is 1. The van der Waals surface area contributed by atoms with Crippen LogP contribution in [0.2, 0.25) is 0 Å². The van der Waals surface area contributed by atoms with Gasteiger partial charge in [-0.15, -0.1) is 0 Å². The van der Waals surface area contributed by atoms with Crippen molar-refractivity contribution in [3.8, 4) is 0 Å². The summed E-state index contributed by atoms with van der Waals surface area (Å²) in [6, 6.07) is 2.09. The predicted molar refractivity (Wildman–Crippen MR) is 73.0 cm³/mol. The highest BCUT2D eigenvalue weighted by atomic mass is 32.1. The highest BCUT2D eigenvalue weighted by molar-refractivity contribution is 7.07. The number of carbonyl (C=O) groups is 1. The Hall–Kier alpha value is -0.870. The molecule has 1 aromatic rings. The fourth-order valence-electron chi connectivity index (χ4n) is 1.79. The van der Waals surface area contributed by atoms with Crippen LogP contribution in [0.15, 0.2) is 16.8 Å². The van der Waals surface area contributed by atoms with Crippen molar-refractivity contribution >= 4 is 17.2 Å². The van der Waals surface area contributed by atoms with Gasteiger partial charge in [-0.3, -0.25) is 4.79 Å². The maximum absolute atomic E-state index is 11.8. The van der Waals surface area contributed by atoms with Gasteiger partial charge in [-0.1, -0.05) is 13.8 Å². The largest absolute Gasteiger partial charge is 0.355 e. The van der Waals surface area contributed by atoms with Crippen LogP contribution >= 0.6 is 11.3 Å². The number of hydrogen-bond donors (Lipinski definition) is 2. The first-order valence-electron chi connectivity index (χ1n) is 6.12.